The van der Waals surface area contributed by atoms with E-state index in [1.165, 1.54) is 0 Å². The van der Waals surface area contributed by atoms with Crippen LogP contribution >= 0.6 is 0 Å². The highest BCUT2D eigenvalue weighted by molar-refractivity contribution is 5.91. The van der Waals surface area contributed by atoms with E-state index in [9.17, 15) is 4.79 Å². The Bertz CT molecular complexity index is 931. The van der Waals surface area contributed by atoms with Crippen molar-refractivity contribution in [1.82, 2.24) is 25.2 Å². The van der Waals surface area contributed by atoms with Gasteiger partial charge in [-0.15, -0.1) is 5.10 Å². The topological polar surface area (TPSA) is 85.4 Å². The average molecular weight is 395 g/mol. The van der Waals surface area contributed by atoms with Crippen molar-refractivity contribution in [3.8, 4) is 0 Å². The number of carbonyl (C=O) groups excluding carboxylic acids is 1. The minimum Gasteiger partial charge on any atom is -0.465 e. The van der Waals surface area contributed by atoms with Gasteiger partial charge in [0, 0.05) is 19.6 Å². The lowest BCUT2D eigenvalue weighted by Gasteiger charge is -2.33. The summed E-state index contributed by atoms with van der Waals surface area (Å²) in [5.41, 5.74) is 1.40. The molecule has 3 aromatic rings. The maximum atomic E-state index is 12.6. The van der Waals surface area contributed by atoms with Gasteiger partial charge in [0.15, 0.2) is 5.69 Å². The van der Waals surface area contributed by atoms with Crippen molar-refractivity contribution in [3.63, 3.8) is 0 Å². The number of aryl methyl sites for hydroxylation is 1. The van der Waals surface area contributed by atoms with E-state index < -0.39 is 0 Å². The van der Waals surface area contributed by atoms with E-state index in [1.54, 1.807) is 10.9 Å². The smallest absolute Gasteiger partial charge is 0.273 e. The van der Waals surface area contributed by atoms with Crippen molar-refractivity contribution in [1.29, 1.82) is 0 Å². The standard InChI is InChI=1S/C21H25N5O3/c1-16-7-8-20(29-16)19(25-9-11-28-12-10-25)13-22-21(27)18-15-26(24-23-18)14-17-5-3-2-4-6-17/h2-8,15,19H,9-14H2,1H3,(H,22,27). The molecule has 1 aliphatic rings. The second-order valence-electron chi connectivity index (χ2n) is 7.11. The van der Waals surface area contributed by atoms with Crippen LogP contribution in [0.25, 0.3) is 0 Å². The van der Waals surface area contributed by atoms with Crippen LogP contribution in [-0.2, 0) is 11.3 Å². The molecular formula is C21H25N5O3. The second-order valence-corrected chi connectivity index (χ2v) is 7.11. The van der Waals surface area contributed by atoms with Crippen LogP contribution < -0.4 is 5.32 Å². The zero-order valence-corrected chi connectivity index (χ0v) is 16.5. The van der Waals surface area contributed by atoms with Crippen molar-refractivity contribution in [2.45, 2.75) is 19.5 Å². The number of morpholine rings is 1. The fourth-order valence-corrected chi connectivity index (χ4v) is 3.46. The molecule has 152 valence electrons. The van der Waals surface area contributed by atoms with Crippen LogP contribution in [0.15, 0.2) is 53.1 Å². The molecule has 0 bridgehead atoms. The summed E-state index contributed by atoms with van der Waals surface area (Å²) in [5, 5.41) is 11.1. The molecule has 0 aliphatic carbocycles. The Hall–Kier alpha value is -2.97. The van der Waals surface area contributed by atoms with Crippen LogP contribution in [0.4, 0.5) is 0 Å². The third kappa shape index (κ3) is 4.90. The summed E-state index contributed by atoms with van der Waals surface area (Å²) in [6, 6.07) is 13.8. The molecule has 1 unspecified atom stereocenters. The van der Waals surface area contributed by atoms with Crippen LogP contribution in [0.5, 0.6) is 0 Å². The minimum absolute atomic E-state index is 0.0455. The Kier molecular flexibility index (Phi) is 6.02. The first kappa shape index (κ1) is 19.4. The predicted octanol–water partition coefficient (Wildman–Crippen LogP) is 2.03. The maximum Gasteiger partial charge on any atom is 0.273 e. The molecule has 1 amide bonds. The van der Waals surface area contributed by atoms with Gasteiger partial charge >= 0.3 is 0 Å². The molecule has 1 aliphatic heterocycles. The summed E-state index contributed by atoms with van der Waals surface area (Å²) < 4.78 is 13.0. The molecule has 2 aromatic heterocycles. The maximum absolute atomic E-state index is 12.6. The molecule has 1 atom stereocenters. The quantitative estimate of drug-likeness (QED) is 0.659. The van der Waals surface area contributed by atoms with Gasteiger partial charge in [0.2, 0.25) is 0 Å². The molecular weight excluding hydrogens is 370 g/mol. The number of aromatic nitrogens is 3. The molecule has 29 heavy (non-hydrogen) atoms. The number of furan rings is 1. The number of benzene rings is 1. The summed E-state index contributed by atoms with van der Waals surface area (Å²) in [4.78, 5) is 14.9. The monoisotopic (exact) mass is 395 g/mol. The minimum atomic E-state index is -0.245. The van der Waals surface area contributed by atoms with E-state index in [-0.39, 0.29) is 11.9 Å². The Balaban J connectivity index is 1.40. The zero-order chi connectivity index (χ0) is 20.1. The molecule has 8 nitrogen and oxygen atoms in total. The largest absolute Gasteiger partial charge is 0.465 e. The molecule has 0 saturated carbocycles. The third-order valence-electron chi connectivity index (χ3n) is 4.99. The molecule has 4 rings (SSSR count). The van der Waals surface area contributed by atoms with Gasteiger partial charge in [0.05, 0.1) is 32.0 Å². The van der Waals surface area contributed by atoms with Crippen molar-refractivity contribution in [2.75, 3.05) is 32.8 Å². The first-order chi connectivity index (χ1) is 14.2. The van der Waals surface area contributed by atoms with Crippen LogP contribution in [0, 0.1) is 6.92 Å². The average Bonchev–Trinajstić information content (AvgIpc) is 3.39. The molecule has 8 heteroatoms. The van der Waals surface area contributed by atoms with E-state index in [1.807, 2.05) is 49.4 Å². The lowest BCUT2D eigenvalue weighted by Crippen LogP contribution is -2.43. The SMILES string of the molecule is Cc1ccc(C(CNC(=O)c2cn(Cc3ccccc3)nn2)N2CCOCC2)o1. The van der Waals surface area contributed by atoms with Gasteiger partial charge in [-0.1, -0.05) is 35.5 Å². The van der Waals surface area contributed by atoms with Gasteiger partial charge in [-0.3, -0.25) is 9.69 Å². The fraction of sp³-hybridized carbons (Fsp3) is 0.381. The first-order valence-electron chi connectivity index (χ1n) is 9.79. The van der Waals surface area contributed by atoms with Crippen molar-refractivity contribution in [2.24, 2.45) is 0 Å². The fourth-order valence-electron chi connectivity index (χ4n) is 3.46. The van der Waals surface area contributed by atoms with E-state index >= 15 is 0 Å². The van der Waals surface area contributed by atoms with Crippen LogP contribution in [-0.4, -0.2) is 58.6 Å². The lowest BCUT2D eigenvalue weighted by atomic mass is 10.1. The second kappa shape index (κ2) is 9.02. The van der Waals surface area contributed by atoms with Crippen molar-refractivity contribution < 1.29 is 13.9 Å². The third-order valence-corrected chi connectivity index (χ3v) is 4.99. The van der Waals surface area contributed by atoms with Gasteiger partial charge in [-0.05, 0) is 24.6 Å². The molecule has 1 N–H and O–H groups in total. The Morgan fingerprint density at radius 1 is 1.17 bits per heavy atom. The van der Waals surface area contributed by atoms with Crippen molar-refractivity contribution >= 4 is 5.91 Å². The number of rotatable bonds is 7. The molecule has 1 saturated heterocycles. The highest BCUT2D eigenvalue weighted by Crippen LogP contribution is 2.23. The highest BCUT2D eigenvalue weighted by Gasteiger charge is 2.26. The number of nitrogens with zero attached hydrogens (tertiary/aromatic N) is 4. The Morgan fingerprint density at radius 3 is 2.69 bits per heavy atom. The summed E-state index contributed by atoms with van der Waals surface area (Å²) in [5.74, 6) is 1.46. The van der Waals surface area contributed by atoms with E-state index in [0.29, 0.717) is 32.0 Å². The summed E-state index contributed by atoms with van der Waals surface area (Å²) in [6.45, 7) is 5.88. The molecule has 3 heterocycles. The predicted molar refractivity (Wildman–Crippen MR) is 106 cm³/mol. The number of carbonyl (C=O) groups is 1. The van der Waals surface area contributed by atoms with Crippen LogP contribution in [0.3, 0.4) is 0 Å². The zero-order valence-electron chi connectivity index (χ0n) is 16.5. The summed E-state index contributed by atoms with van der Waals surface area (Å²) in [7, 11) is 0. The van der Waals surface area contributed by atoms with E-state index in [2.05, 4.69) is 20.5 Å². The molecule has 1 fully saturated rings. The van der Waals surface area contributed by atoms with Gasteiger partial charge in [-0.2, -0.15) is 0 Å². The molecule has 0 spiro atoms. The van der Waals surface area contributed by atoms with E-state index in [4.69, 9.17) is 9.15 Å². The number of hydrogen-bond acceptors (Lipinski definition) is 6. The van der Waals surface area contributed by atoms with Gasteiger partial charge < -0.3 is 14.5 Å². The normalized spacial score (nSPS) is 15.9. The number of ether oxygens (including phenoxy) is 1. The van der Waals surface area contributed by atoms with E-state index in [0.717, 1.165) is 30.2 Å². The summed E-state index contributed by atoms with van der Waals surface area (Å²) in [6.07, 6.45) is 1.67. The molecule has 1 aromatic carbocycles. The molecule has 0 radical (unpaired) electrons. The van der Waals surface area contributed by atoms with Gasteiger partial charge in [0.25, 0.3) is 5.91 Å². The number of amides is 1. The Morgan fingerprint density at radius 2 is 1.97 bits per heavy atom. The van der Waals surface area contributed by atoms with Gasteiger partial charge in [0.1, 0.15) is 11.5 Å². The number of nitrogens with one attached hydrogen (secondary N) is 1. The van der Waals surface area contributed by atoms with Crippen LogP contribution in [0.2, 0.25) is 0 Å². The van der Waals surface area contributed by atoms with Gasteiger partial charge in [-0.25, -0.2) is 4.68 Å². The highest BCUT2D eigenvalue weighted by atomic mass is 16.5. The Labute approximate surface area is 169 Å². The number of hydrogen-bond donors (Lipinski definition) is 1. The lowest BCUT2D eigenvalue weighted by molar-refractivity contribution is 0.0117. The summed E-state index contributed by atoms with van der Waals surface area (Å²) >= 11 is 0. The van der Waals surface area contributed by atoms with Crippen LogP contribution in [0.1, 0.15) is 33.6 Å². The van der Waals surface area contributed by atoms with Crippen molar-refractivity contribution in [3.05, 3.63) is 71.4 Å². The first-order valence-corrected chi connectivity index (χ1v) is 9.79.